The van der Waals surface area contributed by atoms with Gasteiger partial charge in [-0.15, -0.1) is 0 Å². The second-order valence-electron chi connectivity index (χ2n) is 4.52. The van der Waals surface area contributed by atoms with Crippen molar-refractivity contribution in [2.24, 2.45) is 0 Å². The zero-order valence-electron chi connectivity index (χ0n) is 11.1. The number of hydrogen-bond donors (Lipinski definition) is 1. The lowest BCUT2D eigenvalue weighted by molar-refractivity contribution is -0.123. The molecule has 1 unspecified atom stereocenters. The molecule has 0 aromatic heterocycles. The molecule has 0 spiro atoms. The summed E-state index contributed by atoms with van der Waals surface area (Å²) in [5, 5.41) is 2.54. The van der Waals surface area contributed by atoms with Gasteiger partial charge in [0.05, 0.1) is 0 Å². The summed E-state index contributed by atoms with van der Waals surface area (Å²) >= 11 is 0. The average Bonchev–Trinajstić information content (AvgIpc) is 2.71. The number of likely N-dealkylation sites (N-methyl/N-ethyl adjacent to an activating group) is 1. The Labute approximate surface area is 114 Å². The van der Waals surface area contributed by atoms with Crippen LogP contribution < -0.4 is 5.32 Å². The van der Waals surface area contributed by atoms with E-state index in [1.54, 1.807) is 7.05 Å². The second-order valence-corrected chi connectivity index (χ2v) is 4.52. The fourth-order valence-electron chi connectivity index (χ4n) is 2.09. The average molecular weight is 257 g/mol. The normalized spacial score (nSPS) is 18.4. The molecule has 1 N–H and O–H groups in total. The largest absolute Gasteiger partial charge is 0.484 e. The minimum atomic E-state index is -0.113. The van der Waals surface area contributed by atoms with Crippen LogP contribution in [0.2, 0.25) is 0 Å². The van der Waals surface area contributed by atoms with Crippen LogP contribution in [0, 0.1) is 0 Å². The van der Waals surface area contributed by atoms with Crippen molar-refractivity contribution < 1.29 is 9.53 Å². The topological polar surface area (TPSA) is 38.3 Å². The lowest BCUT2D eigenvalue weighted by Crippen LogP contribution is -2.22. The molecule has 0 heterocycles. The Morgan fingerprint density at radius 1 is 1.37 bits per heavy atom. The number of ether oxygens (including phenoxy) is 1. The number of allylic oxidation sites excluding steroid dienone is 3. The molecule has 0 fully saturated rings. The van der Waals surface area contributed by atoms with Gasteiger partial charge in [-0.05, 0) is 30.6 Å². The maximum Gasteiger partial charge on any atom is 0.257 e. The molecule has 1 atom stereocenters. The van der Waals surface area contributed by atoms with Gasteiger partial charge < -0.3 is 10.1 Å². The number of benzene rings is 1. The van der Waals surface area contributed by atoms with E-state index in [1.807, 2.05) is 18.2 Å². The molecule has 1 aliphatic rings. The number of hydrogen-bond acceptors (Lipinski definition) is 2. The van der Waals surface area contributed by atoms with Gasteiger partial charge >= 0.3 is 0 Å². The van der Waals surface area contributed by atoms with E-state index in [9.17, 15) is 4.79 Å². The standard InChI is InChI=1S/C16H19NO2/c1-17-16(18)12-19-15-9-5-8-14(10-11-15)13-6-3-2-4-7-13/h2-4,6-7,9-11,14H,5,8,12H2,1H3,(H,17,18). The third-order valence-electron chi connectivity index (χ3n) is 3.19. The predicted octanol–water partition coefficient (Wildman–Crippen LogP) is 2.77. The molecule has 1 amide bonds. The highest BCUT2D eigenvalue weighted by Gasteiger charge is 2.10. The highest BCUT2D eigenvalue weighted by atomic mass is 16.5. The van der Waals surface area contributed by atoms with Gasteiger partial charge in [-0.2, -0.15) is 0 Å². The lowest BCUT2D eigenvalue weighted by atomic mass is 9.95. The van der Waals surface area contributed by atoms with E-state index in [0.717, 1.165) is 18.6 Å². The van der Waals surface area contributed by atoms with Crippen LogP contribution in [0.1, 0.15) is 24.3 Å². The first kappa shape index (κ1) is 13.4. The van der Waals surface area contributed by atoms with Gasteiger partial charge in [-0.25, -0.2) is 0 Å². The van der Waals surface area contributed by atoms with Crippen LogP contribution in [-0.4, -0.2) is 19.6 Å². The van der Waals surface area contributed by atoms with Crippen LogP contribution >= 0.6 is 0 Å². The Morgan fingerprint density at radius 3 is 2.89 bits per heavy atom. The van der Waals surface area contributed by atoms with Gasteiger partial charge in [0.25, 0.3) is 5.91 Å². The molecule has 1 aromatic rings. The van der Waals surface area contributed by atoms with Crippen molar-refractivity contribution in [3.8, 4) is 0 Å². The molecule has 0 radical (unpaired) electrons. The number of carbonyl (C=O) groups excluding carboxylic acids is 1. The highest BCUT2D eigenvalue weighted by molar-refractivity contribution is 5.76. The summed E-state index contributed by atoms with van der Waals surface area (Å²) in [5.74, 6) is 1.08. The fourth-order valence-corrected chi connectivity index (χ4v) is 2.09. The molecule has 0 aliphatic heterocycles. The minimum absolute atomic E-state index is 0.0721. The van der Waals surface area contributed by atoms with Crippen molar-refractivity contribution >= 4 is 5.91 Å². The minimum Gasteiger partial charge on any atom is -0.484 e. The molecule has 19 heavy (non-hydrogen) atoms. The van der Waals surface area contributed by atoms with Crippen LogP contribution in [0.5, 0.6) is 0 Å². The van der Waals surface area contributed by atoms with Gasteiger partial charge in [0.15, 0.2) is 6.61 Å². The van der Waals surface area contributed by atoms with Crippen molar-refractivity contribution in [2.45, 2.75) is 18.8 Å². The van der Waals surface area contributed by atoms with Crippen molar-refractivity contribution in [1.29, 1.82) is 0 Å². The molecule has 1 aliphatic carbocycles. The van der Waals surface area contributed by atoms with Crippen molar-refractivity contribution in [3.05, 3.63) is 59.9 Å². The first-order valence-corrected chi connectivity index (χ1v) is 6.56. The fraction of sp³-hybridized carbons (Fsp3) is 0.312. The van der Waals surface area contributed by atoms with E-state index in [1.165, 1.54) is 5.56 Å². The van der Waals surface area contributed by atoms with Gasteiger partial charge in [-0.1, -0.05) is 36.4 Å². The van der Waals surface area contributed by atoms with Gasteiger partial charge in [-0.3, -0.25) is 4.79 Å². The lowest BCUT2D eigenvalue weighted by Gasteiger charge is -2.10. The van der Waals surface area contributed by atoms with Crippen LogP contribution in [-0.2, 0) is 9.53 Å². The summed E-state index contributed by atoms with van der Waals surface area (Å²) < 4.78 is 5.46. The van der Waals surface area contributed by atoms with E-state index < -0.39 is 0 Å². The number of nitrogens with one attached hydrogen (secondary N) is 1. The summed E-state index contributed by atoms with van der Waals surface area (Å²) in [6.07, 6.45) is 8.18. The SMILES string of the molecule is CNC(=O)COC1=CCCC(c2ccccc2)C=C1. The first-order valence-electron chi connectivity index (χ1n) is 6.56. The molecule has 100 valence electrons. The molecule has 0 saturated carbocycles. The third-order valence-corrected chi connectivity index (χ3v) is 3.19. The first-order chi connectivity index (χ1) is 9.29. The molecule has 0 saturated heterocycles. The number of carbonyl (C=O) groups is 1. The van der Waals surface area contributed by atoms with Gasteiger partial charge in [0.2, 0.25) is 0 Å². The van der Waals surface area contributed by atoms with E-state index in [2.05, 4.69) is 35.7 Å². The Balaban J connectivity index is 1.96. The monoisotopic (exact) mass is 257 g/mol. The molecule has 3 heteroatoms. The quantitative estimate of drug-likeness (QED) is 0.900. The van der Waals surface area contributed by atoms with E-state index >= 15 is 0 Å². The summed E-state index contributed by atoms with van der Waals surface area (Å²) in [7, 11) is 1.61. The Bertz CT molecular complexity index is 477. The smallest absolute Gasteiger partial charge is 0.257 e. The summed E-state index contributed by atoms with van der Waals surface area (Å²) in [5.41, 5.74) is 1.32. The molecule has 1 aromatic carbocycles. The maximum atomic E-state index is 11.1. The number of amides is 1. The van der Waals surface area contributed by atoms with Crippen LogP contribution in [0.25, 0.3) is 0 Å². The highest BCUT2D eigenvalue weighted by Crippen LogP contribution is 2.26. The van der Waals surface area contributed by atoms with Gasteiger partial charge in [0, 0.05) is 13.0 Å². The summed E-state index contributed by atoms with van der Waals surface area (Å²) in [4.78, 5) is 11.1. The summed E-state index contributed by atoms with van der Waals surface area (Å²) in [6, 6.07) is 10.4. The second kappa shape index (κ2) is 6.78. The zero-order valence-corrected chi connectivity index (χ0v) is 11.1. The predicted molar refractivity (Wildman–Crippen MR) is 75.7 cm³/mol. The molecular formula is C16H19NO2. The molecule has 0 bridgehead atoms. The van der Waals surface area contributed by atoms with Gasteiger partial charge in [0.1, 0.15) is 5.76 Å². The number of rotatable bonds is 4. The summed E-state index contributed by atoms with van der Waals surface area (Å²) in [6.45, 7) is 0.0721. The van der Waals surface area contributed by atoms with E-state index in [0.29, 0.717) is 5.92 Å². The van der Waals surface area contributed by atoms with Crippen molar-refractivity contribution in [3.63, 3.8) is 0 Å². The Kier molecular flexibility index (Phi) is 4.78. The molecule has 2 rings (SSSR count). The maximum absolute atomic E-state index is 11.1. The van der Waals surface area contributed by atoms with Crippen molar-refractivity contribution in [2.75, 3.05) is 13.7 Å². The van der Waals surface area contributed by atoms with Crippen LogP contribution in [0.3, 0.4) is 0 Å². The van der Waals surface area contributed by atoms with Crippen LogP contribution in [0.4, 0.5) is 0 Å². The van der Waals surface area contributed by atoms with Crippen LogP contribution in [0.15, 0.2) is 54.3 Å². The Morgan fingerprint density at radius 2 is 2.16 bits per heavy atom. The van der Waals surface area contributed by atoms with E-state index in [4.69, 9.17) is 4.74 Å². The Hall–Kier alpha value is -2.03. The zero-order chi connectivity index (χ0) is 13.5. The molecular weight excluding hydrogens is 238 g/mol. The van der Waals surface area contributed by atoms with Crippen molar-refractivity contribution in [1.82, 2.24) is 5.32 Å². The third kappa shape index (κ3) is 3.98. The van der Waals surface area contributed by atoms with E-state index in [-0.39, 0.29) is 12.5 Å². The molecule has 3 nitrogen and oxygen atoms in total.